The maximum Gasteiger partial charge on any atom is 0.236 e. The van der Waals surface area contributed by atoms with Crippen LogP contribution in [0.1, 0.15) is 43.2 Å². The monoisotopic (exact) mass is 455 g/mol. The lowest BCUT2D eigenvalue weighted by Crippen LogP contribution is -2.53. The summed E-state index contributed by atoms with van der Waals surface area (Å²) in [5.41, 5.74) is 1.06. The number of benzene rings is 1. The average molecular weight is 456 g/mol. The number of thiazole rings is 1. The number of para-hydroxylation sites is 1. The lowest BCUT2D eigenvalue weighted by atomic mass is 10.0. The van der Waals surface area contributed by atoms with Crippen molar-refractivity contribution in [1.82, 2.24) is 24.6 Å². The highest BCUT2D eigenvalue weighted by molar-refractivity contribution is 7.18. The van der Waals surface area contributed by atoms with Crippen LogP contribution in [-0.2, 0) is 9.59 Å². The Morgan fingerprint density at radius 2 is 1.53 bits per heavy atom. The Hall–Kier alpha value is -2.03. The van der Waals surface area contributed by atoms with Crippen LogP contribution in [-0.4, -0.2) is 95.3 Å². The fourth-order valence-electron chi connectivity index (χ4n) is 5.18. The molecule has 0 spiro atoms. The van der Waals surface area contributed by atoms with Gasteiger partial charge in [0.1, 0.15) is 5.01 Å². The zero-order valence-electron chi connectivity index (χ0n) is 18.7. The van der Waals surface area contributed by atoms with Gasteiger partial charge >= 0.3 is 0 Å². The molecule has 0 saturated carbocycles. The van der Waals surface area contributed by atoms with Crippen LogP contribution in [0.3, 0.4) is 0 Å². The molecule has 2 aromatic rings. The van der Waals surface area contributed by atoms with E-state index in [0.29, 0.717) is 26.2 Å². The fraction of sp³-hybridized carbons (Fsp3) is 0.625. The molecule has 4 heterocycles. The van der Waals surface area contributed by atoms with Crippen molar-refractivity contribution < 1.29 is 9.59 Å². The number of hydrogen-bond donors (Lipinski definition) is 0. The second kappa shape index (κ2) is 9.85. The number of piperidine rings is 1. The number of carbonyl (C=O) groups excluding carboxylic acids is 2. The van der Waals surface area contributed by atoms with Crippen molar-refractivity contribution in [2.24, 2.45) is 0 Å². The first-order valence-corrected chi connectivity index (χ1v) is 12.9. The first-order chi connectivity index (χ1) is 15.7. The van der Waals surface area contributed by atoms with Crippen LogP contribution >= 0.6 is 11.3 Å². The molecule has 1 aromatic carbocycles. The van der Waals surface area contributed by atoms with Gasteiger partial charge in [-0.3, -0.25) is 19.4 Å². The smallest absolute Gasteiger partial charge is 0.236 e. The Morgan fingerprint density at radius 1 is 0.844 bits per heavy atom. The van der Waals surface area contributed by atoms with Crippen molar-refractivity contribution in [1.29, 1.82) is 0 Å². The molecule has 172 valence electrons. The number of nitrogens with zero attached hydrogens (tertiary/aromatic N) is 5. The van der Waals surface area contributed by atoms with Crippen molar-refractivity contribution in [3.8, 4) is 0 Å². The number of fused-ring (bicyclic) bond motifs is 1. The minimum absolute atomic E-state index is 0.212. The predicted molar refractivity (Wildman–Crippen MR) is 127 cm³/mol. The largest absolute Gasteiger partial charge is 0.342 e. The van der Waals surface area contributed by atoms with Gasteiger partial charge in [-0.2, -0.15) is 0 Å². The summed E-state index contributed by atoms with van der Waals surface area (Å²) in [5.74, 6) is 0.456. The standard InChI is InChI=1S/C24H33N5O2S/c30-22(27-10-5-6-11-27)17-26-13-15-28(16-14-26)23(31)18-29-12-4-3-8-20(29)24-25-19-7-1-2-9-21(19)32-24/h1-2,7,9,20H,3-6,8,10-18H2/t20-/m0/s1. The van der Waals surface area contributed by atoms with Crippen LogP contribution in [0.4, 0.5) is 0 Å². The van der Waals surface area contributed by atoms with Crippen molar-refractivity contribution in [2.75, 3.05) is 58.9 Å². The molecule has 1 atom stereocenters. The van der Waals surface area contributed by atoms with E-state index < -0.39 is 0 Å². The second-order valence-corrected chi connectivity index (χ2v) is 10.3. The molecule has 0 bridgehead atoms. The summed E-state index contributed by atoms with van der Waals surface area (Å²) < 4.78 is 1.22. The van der Waals surface area contributed by atoms with Gasteiger partial charge in [0.2, 0.25) is 11.8 Å². The number of aromatic nitrogens is 1. The van der Waals surface area contributed by atoms with Crippen molar-refractivity contribution in [3.63, 3.8) is 0 Å². The van der Waals surface area contributed by atoms with Crippen LogP contribution in [0.5, 0.6) is 0 Å². The van der Waals surface area contributed by atoms with Gasteiger partial charge in [-0.15, -0.1) is 11.3 Å². The Labute approximate surface area is 194 Å². The minimum Gasteiger partial charge on any atom is -0.342 e. The lowest BCUT2D eigenvalue weighted by molar-refractivity contribution is -0.136. The molecule has 7 nitrogen and oxygen atoms in total. The number of carbonyl (C=O) groups is 2. The molecule has 5 rings (SSSR count). The van der Waals surface area contributed by atoms with Crippen molar-refractivity contribution >= 4 is 33.4 Å². The quantitative estimate of drug-likeness (QED) is 0.694. The van der Waals surface area contributed by atoms with E-state index in [0.717, 1.165) is 68.9 Å². The summed E-state index contributed by atoms with van der Waals surface area (Å²) in [6, 6.07) is 8.53. The van der Waals surface area contributed by atoms with Gasteiger partial charge in [0.25, 0.3) is 0 Å². The van der Waals surface area contributed by atoms with E-state index in [-0.39, 0.29) is 17.9 Å². The second-order valence-electron chi connectivity index (χ2n) is 9.25. The maximum atomic E-state index is 13.1. The van der Waals surface area contributed by atoms with Crippen LogP contribution in [0, 0.1) is 0 Å². The van der Waals surface area contributed by atoms with Gasteiger partial charge in [-0.25, -0.2) is 4.98 Å². The number of amides is 2. The fourth-order valence-corrected chi connectivity index (χ4v) is 6.32. The Balaban J connectivity index is 1.15. The first-order valence-electron chi connectivity index (χ1n) is 12.0. The molecule has 0 N–H and O–H groups in total. The molecular formula is C24H33N5O2S. The van der Waals surface area contributed by atoms with E-state index in [1.54, 1.807) is 11.3 Å². The molecule has 3 saturated heterocycles. The topological polar surface area (TPSA) is 60.0 Å². The zero-order valence-corrected chi connectivity index (χ0v) is 19.6. The summed E-state index contributed by atoms with van der Waals surface area (Å²) in [6.07, 6.45) is 5.65. The van der Waals surface area contributed by atoms with Crippen molar-refractivity contribution in [2.45, 2.75) is 38.1 Å². The molecule has 32 heavy (non-hydrogen) atoms. The van der Waals surface area contributed by atoms with Crippen LogP contribution in [0.25, 0.3) is 10.2 Å². The highest BCUT2D eigenvalue weighted by Crippen LogP contribution is 2.35. The van der Waals surface area contributed by atoms with E-state index >= 15 is 0 Å². The summed E-state index contributed by atoms with van der Waals surface area (Å²) in [6.45, 7) is 6.72. The van der Waals surface area contributed by atoms with Gasteiger partial charge < -0.3 is 9.80 Å². The molecule has 2 amide bonds. The molecule has 3 fully saturated rings. The third-order valence-corrected chi connectivity index (χ3v) is 8.23. The molecule has 0 unspecified atom stereocenters. The number of likely N-dealkylation sites (tertiary alicyclic amines) is 2. The van der Waals surface area contributed by atoms with Gasteiger partial charge in [-0.1, -0.05) is 18.6 Å². The minimum atomic E-state index is 0.212. The van der Waals surface area contributed by atoms with E-state index in [4.69, 9.17) is 4.98 Å². The predicted octanol–water partition coefficient (Wildman–Crippen LogP) is 2.59. The van der Waals surface area contributed by atoms with Gasteiger partial charge in [0, 0.05) is 39.3 Å². The zero-order chi connectivity index (χ0) is 21.9. The lowest BCUT2D eigenvalue weighted by Gasteiger charge is -2.38. The van der Waals surface area contributed by atoms with Crippen LogP contribution in [0.15, 0.2) is 24.3 Å². The van der Waals surface area contributed by atoms with Crippen LogP contribution in [0.2, 0.25) is 0 Å². The van der Waals surface area contributed by atoms with Crippen LogP contribution < -0.4 is 0 Å². The van der Waals surface area contributed by atoms with Crippen molar-refractivity contribution in [3.05, 3.63) is 29.3 Å². The Bertz CT molecular complexity index is 916. The third kappa shape index (κ3) is 4.82. The summed E-state index contributed by atoms with van der Waals surface area (Å²) in [4.78, 5) is 38.9. The Kier molecular flexibility index (Phi) is 6.71. The maximum absolute atomic E-state index is 13.1. The molecule has 8 heteroatoms. The van der Waals surface area contributed by atoms with E-state index in [1.165, 1.54) is 11.1 Å². The van der Waals surface area contributed by atoms with E-state index in [2.05, 4.69) is 28.0 Å². The number of rotatable bonds is 5. The van der Waals surface area contributed by atoms with E-state index in [1.807, 2.05) is 15.9 Å². The summed E-state index contributed by atoms with van der Waals surface area (Å²) in [7, 11) is 0. The molecule has 3 aliphatic heterocycles. The van der Waals surface area contributed by atoms with Gasteiger partial charge in [0.15, 0.2) is 0 Å². The first kappa shape index (κ1) is 21.8. The normalized spacial score (nSPS) is 23.2. The average Bonchev–Trinajstić information content (AvgIpc) is 3.50. The number of piperazine rings is 1. The highest BCUT2D eigenvalue weighted by atomic mass is 32.1. The number of hydrogen-bond acceptors (Lipinski definition) is 6. The third-order valence-electron chi connectivity index (χ3n) is 7.09. The summed E-state index contributed by atoms with van der Waals surface area (Å²) >= 11 is 1.77. The molecular weight excluding hydrogens is 422 g/mol. The molecule has 0 radical (unpaired) electrons. The SMILES string of the molecule is O=C(CN1CCN(C(=O)CN2CCCC[C@H]2c2nc3ccccc3s2)CC1)N1CCCC1. The van der Waals surface area contributed by atoms with E-state index in [9.17, 15) is 9.59 Å². The van der Waals surface area contributed by atoms with Gasteiger partial charge in [-0.05, 0) is 44.4 Å². The molecule has 3 aliphatic rings. The summed E-state index contributed by atoms with van der Waals surface area (Å²) in [5, 5.41) is 1.14. The molecule has 0 aliphatic carbocycles. The Morgan fingerprint density at radius 3 is 2.31 bits per heavy atom. The van der Waals surface area contributed by atoms with Gasteiger partial charge in [0.05, 0.1) is 29.3 Å². The molecule has 1 aromatic heterocycles. The highest BCUT2D eigenvalue weighted by Gasteiger charge is 2.31.